The maximum atomic E-state index is 11.1. The average molecular weight is 189 g/mol. The molecule has 0 unspecified atom stereocenters. The van der Waals surface area contributed by atoms with Gasteiger partial charge in [0, 0.05) is 26.6 Å². The smallest absolute Gasteiger partial charge is 0.146 e. The van der Waals surface area contributed by atoms with Gasteiger partial charge in [0.05, 0.1) is 19.8 Å². The third-order valence-corrected chi connectivity index (χ3v) is 1.82. The van der Waals surface area contributed by atoms with E-state index in [2.05, 4.69) is 0 Å². The van der Waals surface area contributed by atoms with Gasteiger partial charge in [0.15, 0.2) is 0 Å². The highest BCUT2D eigenvalue weighted by molar-refractivity contribution is 5.80. The van der Waals surface area contributed by atoms with Crippen LogP contribution in [0.25, 0.3) is 0 Å². The lowest BCUT2D eigenvalue weighted by atomic mass is 10.3. The van der Waals surface area contributed by atoms with Crippen LogP contribution in [0.15, 0.2) is 0 Å². The number of hydrogen-bond acceptors (Lipinski definition) is 4. The number of nitrogens with zero attached hydrogens (tertiary/aromatic N) is 1. The van der Waals surface area contributed by atoms with Crippen LogP contribution in [-0.4, -0.2) is 55.7 Å². The highest BCUT2D eigenvalue weighted by atomic mass is 16.5. The molecule has 4 heteroatoms. The fourth-order valence-corrected chi connectivity index (χ4v) is 0.993. The monoisotopic (exact) mass is 189 g/mol. The highest BCUT2D eigenvalue weighted by Gasteiger charge is 2.07. The van der Waals surface area contributed by atoms with Crippen LogP contribution in [0.4, 0.5) is 0 Å². The summed E-state index contributed by atoms with van der Waals surface area (Å²) in [4.78, 5) is 13.0. The van der Waals surface area contributed by atoms with Crippen molar-refractivity contribution in [3.63, 3.8) is 0 Å². The third kappa shape index (κ3) is 6.69. The predicted octanol–water partition coefficient (Wildman–Crippen LogP) is -0.0938. The second-order valence-electron chi connectivity index (χ2n) is 2.88. The van der Waals surface area contributed by atoms with Gasteiger partial charge in [-0.3, -0.25) is 9.69 Å². The Labute approximate surface area is 79.5 Å². The summed E-state index contributed by atoms with van der Waals surface area (Å²) in [6.07, 6.45) is 0.551. The largest absolute Gasteiger partial charge is 0.395 e. The van der Waals surface area contributed by atoms with E-state index >= 15 is 0 Å². The number of carbonyl (C=O) groups is 1. The minimum Gasteiger partial charge on any atom is -0.395 e. The molecule has 0 aliphatic heterocycles. The first-order chi connectivity index (χ1) is 6.24. The summed E-state index contributed by atoms with van der Waals surface area (Å²) in [6.45, 7) is 4.17. The summed E-state index contributed by atoms with van der Waals surface area (Å²) < 4.78 is 4.90. The topological polar surface area (TPSA) is 49.8 Å². The van der Waals surface area contributed by atoms with Gasteiger partial charge >= 0.3 is 0 Å². The lowest BCUT2D eigenvalue weighted by molar-refractivity contribution is -0.120. The highest BCUT2D eigenvalue weighted by Crippen LogP contribution is 1.91. The molecule has 0 bridgehead atoms. The summed E-state index contributed by atoms with van der Waals surface area (Å²) in [7, 11) is 1.62. The SMILES string of the molecule is CCC(=O)CN(CCO)CCOC. The standard InChI is InChI=1S/C9H19NO3/c1-3-9(12)8-10(4-6-11)5-7-13-2/h11H,3-8H2,1-2H3. The number of hydrogen-bond donors (Lipinski definition) is 1. The molecule has 0 saturated carbocycles. The van der Waals surface area contributed by atoms with E-state index in [0.29, 0.717) is 32.7 Å². The van der Waals surface area contributed by atoms with Gasteiger partial charge in [-0.1, -0.05) is 6.92 Å². The molecule has 0 saturated heterocycles. The molecular weight excluding hydrogens is 170 g/mol. The quantitative estimate of drug-likeness (QED) is 0.579. The lowest BCUT2D eigenvalue weighted by Gasteiger charge is -2.19. The number of aliphatic hydroxyl groups excluding tert-OH is 1. The van der Waals surface area contributed by atoms with Crippen LogP contribution in [0.5, 0.6) is 0 Å². The number of ketones is 1. The fourth-order valence-electron chi connectivity index (χ4n) is 0.993. The molecule has 13 heavy (non-hydrogen) atoms. The fraction of sp³-hybridized carbons (Fsp3) is 0.889. The number of ether oxygens (including phenoxy) is 1. The third-order valence-electron chi connectivity index (χ3n) is 1.82. The zero-order chi connectivity index (χ0) is 10.1. The first-order valence-corrected chi connectivity index (χ1v) is 4.58. The molecule has 0 fully saturated rings. The number of aliphatic hydroxyl groups is 1. The molecule has 0 aromatic carbocycles. The summed E-state index contributed by atoms with van der Waals surface area (Å²) in [5.41, 5.74) is 0. The van der Waals surface area contributed by atoms with Crippen LogP contribution in [0.3, 0.4) is 0 Å². The van der Waals surface area contributed by atoms with Gasteiger partial charge in [0.25, 0.3) is 0 Å². The van der Waals surface area contributed by atoms with Gasteiger partial charge in [0.1, 0.15) is 5.78 Å². The number of methoxy groups -OCH3 is 1. The molecule has 0 atom stereocenters. The predicted molar refractivity (Wildman–Crippen MR) is 50.7 cm³/mol. The zero-order valence-electron chi connectivity index (χ0n) is 8.45. The van der Waals surface area contributed by atoms with E-state index in [-0.39, 0.29) is 12.4 Å². The Kier molecular flexibility index (Phi) is 7.88. The van der Waals surface area contributed by atoms with Gasteiger partial charge in [-0.05, 0) is 0 Å². The minimum absolute atomic E-state index is 0.0840. The first-order valence-electron chi connectivity index (χ1n) is 4.58. The summed E-state index contributed by atoms with van der Waals surface area (Å²) in [5.74, 6) is 0.199. The molecule has 0 spiro atoms. The molecule has 1 N–H and O–H groups in total. The summed E-state index contributed by atoms with van der Waals surface area (Å²) >= 11 is 0. The first kappa shape index (κ1) is 12.6. The van der Waals surface area contributed by atoms with Gasteiger partial charge in [-0.25, -0.2) is 0 Å². The Hall–Kier alpha value is -0.450. The summed E-state index contributed by atoms with van der Waals surface area (Å²) in [6, 6.07) is 0. The molecule has 0 aliphatic carbocycles. The molecule has 0 amide bonds. The van der Waals surface area contributed by atoms with Gasteiger partial charge in [-0.15, -0.1) is 0 Å². The van der Waals surface area contributed by atoms with E-state index in [0.717, 1.165) is 0 Å². The van der Waals surface area contributed by atoms with Crippen LogP contribution in [0.2, 0.25) is 0 Å². The van der Waals surface area contributed by atoms with Crippen molar-refractivity contribution in [2.45, 2.75) is 13.3 Å². The molecule has 78 valence electrons. The van der Waals surface area contributed by atoms with Gasteiger partial charge in [-0.2, -0.15) is 0 Å². The zero-order valence-corrected chi connectivity index (χ0v) is 8.45. The lowest BCUT2D eigenvalue weighted by Crippen LogP contribution is -2.34. The number of carbonyl (C=O) groups excluding carboxylic acids is 1. The average Bonchev–Trinajstić information content (AvgIpc) is 2.14. The van der Waals surface area contributed by atoms with Crippen molar-refractivity contribution < 1.29 is 14.6 Å². The van der Waals surface area contributed by atoms with Crippen LogP contribution in [0, 0.1) is 0 Å². The molecular formula is C9H19NO3. The second kappa shape index (κ2) is 8.16. The molecule has 0 aromatic heterocycles. The second-order valence-corrected chi connectivity index (χ2v) is 2.88. The Morgan fingerprint density at radius 2 is 2.15 bits per heavy atom. The van der Waals surface area contributed by atoms with Crippen molar-refractivity contribution in [2.24, 2.45) is 0 Å². The molecule has 0 heterocycles. The Morgan fingerprint density at radius 3 is 2.62 bits per heavy atom. The number of rotatable bonds is 8. The Balaban J connectivity index is 3.71. The normalized spacial score (nSPS) is 10.8. The van der Waals surface area contributed by atoms with Crippen LogP contribution in [-0.2, 0) is 9.53 Å². The van der Waals surface area contributed by atoms with Crippen molar-refractivity contribution in [1.82, 2.24) is 4.90 Å². The molecule has 0 aromatic rings. The molecule has 4 nitrogen and oxygen atoms in total. The van der Waals surface area contributed by atoms with Crippen LogP contribution < -0.4 is 0 Å². The van der Waals surface area contributed by atoms with E-state index < -0.39 is 0 Å². The van der Waals surface area contributed by atoms with E-state index in [4.69, 9.17) is 9.84 Å². The molecule has 0 aliphatic rings. The van der Waals surface area contributed by atoms with Crippen LogP contribution in [0.1, 0.15) is 13.3 Å². The Morgan fingerprint density at radius 1 is 1.46 bits per heavy atom. The van der Waals surface area contributed by atoms with Crippen molar-refractivity contribution >= 4 is 5.78 Å². The van der Waals surface area contributed by atoms with Gasteiger partial charge in [0.2, 0.25) is 0 Å². The molecule has 0 radical (unpaired) electrons. The van der Waals surface area contributed by atoms with E-state index in [1.165, 1.54) is 0 Å². The van der Waals surface area contributed by atoms with Crippen LogP contribution >= 0.6 is 0 Å². The van der Waals surface area contributed by atoms with E-state index in [9.17, 15) is 4.79 Å². The maximum Gasteiger partial charge on any atom is 0.146 e. The minimum atomic E-state index is 0.0840. The van der Waals surface area contributed by atoms with Crippen molar-refractivity contribution in [3.8, 4) is 0 Å². The Bertz CT molecular complexity index is 139. The summed E-state index contributed by atoms with van der Waals surface area (Å²) in [5, 5.41) is 8.73. The van der Waals surface area contributed by atoms with Gasteiger partial charge < -0.3 is 9.84 Å². The van der Waals surface area contributed by atoms with Crippen molar-refractivity contribution in [2.75, 3.05) is 40.0 Å². The van der Waals surface area contributed by atoms with Crippen molar-refractivity contribution in [1.29, 1.82) is 0 Å². The van der Waals surface area contributed by atoms with E-state index in [1.54, 1.807) is 7.11 Å². The maximum absolute atomic E-state index is 11.1. The molecule has 0 rings (SSSR count). The van der Waals surface area contributed by atoms with E-state index in [1.807, 2.05) is 11.8 Å². The number of Topliss-reactive ketones (excluding diaryl/α,β-unsaturated/α-hetero) is 1. The van der Waals surface area contributed by atoms with Crippen molar-refractivity contribution in [3.05, 3.63) is 0 Å².